The Morgan fingerprint density at radius 1 is 1.32 bits per heavy atom. The number of hydrogen-bond donors (Lipinski definition) is 1. The number of ether oxygens (including phenoxy) is 1. The van der Waals surface area contributed by atoms with E-state index in [-0.39, 0.29) is 18.3 Å². The molecule has 5 nitrogen and oxygen atoms in total. The zero-order valence-corrected chi connectivity index (χ0v) is 13.6. The molecule has 22 heavy (non-hydrogen) atoms. The molecule has 1 aromatic carbocycles. The maximum absolute atomic E-state index is 12.0. The fourth-order valence-electron chi connectivity index (χ4n) is 1.98. The molecule has 2 rings (SSSR count). The van der Waals surface area contributed by atoms with Gasteiger partial charge in [0.05, 0.1) is 18.7 Å². The first-order valence-corrected chi connectivity index (χ1v) is 7.81. The molecule has 1 heterocycles. The minimum atomic E-state index is -0.386. The van der Waals surface area contributed by atoms with E-state index in [1.807, 2.05) is 31.2 Å². The van der Waals surface area contributed by atoms with Crippen LogP contribution in [0.3, 0.4) is 0 Å². The Kier molecular flexibility index (Phi) is 5.27. The van der Waals surface area contributed by atoms with Gasteiger partial charge in [-0.05, 0) is 38.5 Å². The zero-order chi connectivity index (χ0) is 16.1. The van der Waals surface area contributed by atoms with E-state index >= 15 is 0 Å². The quantitative estimate of drug-likeness (QED) is 0.860. The molecule has 1 amide bonds. The van der Waals surface area contributed by atoms with Gasteiger partial charge >= 0.3 is 5.97 Å². The average Bonchev–Trinajstić information content (AvgIpc) is 2.79. The summed E-state index contributed by atoms with van der Waals surface area (Å²) in [5.74, 6) is -0.544. The van der Waals surface area contributed by atoms with Gasteiger partial charge < -0.3 is 10.1 Å². The van der Waals surface area contributed by atoms with Gasteiger partial charge in [0.1, 0.15) is 9.88 Å². The lowest BCUT2D eigenvalue weighted by atomic mass is 10.2. The maximum atomic E-state index is 12.0. The number of esters is 1. The second-order valence-electron chi connectivity index (χ2n) is 4.84. The van der Waals surface area contributed by atoms with Crippen LogP contribution in [0.2, 0.25) is 0 Å². The minimum absolute atomic E-state index is 0.138. The lowest BCUT2D eigenvalue weighted by molar-refractivity contribution is -0.115. The van der Waals surface area contributed by atoms with Crippen LogP contribution in [0.1, 0.15) is 32.9 Å². The summed E-state index contributed by atoms with van der Waals surface area (Å²) in [6.45, 7) is 5.78. The second kappa shape index (κ2) is 7.17. The molecule has 0 radical (unpaired) electrons. The Balaban J connectivity index is 2.03. The van der Waals surface area contributed by atoms with Crippen LogP contribution >= 0.6 is 11.3 Å². The molecule has 0 spiro atoms. The molecule has 0 aliphatic rings. The molecule has 2 aromatic rings. The lowest BCUT2D eigenvalue weighted by Gasteiger charge is -2.04. The normalized spacial score (nSPS) is 10.3. The number of anilines is 1. The van der Waals surface area contributed by atoms with E-state index < -0.39 is 0 Å². The molecule has 0 unspecified atom stereocenters. The largest absolute Gasteiger partial charge is 0.462 e. The van der Waals surface area contributed by atoms with Crippen molar-refractivity contribution in [2.24, 2.45) is 0 Å². The van der Waals surface area contributed by atoms with Gasteiger partial charge in [0.25, 0.3) is 0 Å². The van der Waals surface area contributed by atoms with E-state index in [1.165, 1.54) is 11.3 Å². The fraction of sp³-hybridized carbons (Fsp3) is 0.312. The number of rotatable bonds is 5. The summed E-state index contributed by atoms with van der Waals surface area (Å²) >= 11 is 1.20. The predicted molar refractivity (Wildman–Crippen MR) is 86.3 cm³/mol. The van der Waals surface area contributed by atoms with Crippen molar-refractivity contribution < 1.29 is 14.3 Å². The number of aryl methyl sites for hydroxylation is 2. The van der Waals surface area contributed by atoms with Gasteiger partial charge in [-0.3, -0.25) is 4.79 Å². The van der Waals surface area contributed by atoms with Crippen LogP contribution in [-0.4, -0.2) is 23.5 Å². The Bertz CT molecular complexity index is 694. The maximum Gasteiger partial charge on any atom is 0.350 e. The molecule has 0 saturated heterocycles. The van der Waals surface area contributed by atoms with Gasteiger partial charge in [0.15, 0.2) is 0 Å². The Morgan fingerprint density at radius 2 is 2.09 bits per heavy atom. The molecular weight excluding hydrogens is 300 g/mol. The second-order valence-corrected chi connectivity index (χ2v) is 5.92. The summed E-state index contributed by atoms with van der Waals surface area (Å²) in [4.78, 5) is 28.5. The minimum Gasteiger partial charge on any atom is -0.462 e. The van der Waals surface area contributed by atoms with Crippen molar-refractivity contribution in [3.05, 3.63) is 45.4 Å². The van der Waals surface area contributed by atoms with Crippen molar-refractivity contribution in [2.75, 3.05) is 11.9 Å². The first kappa shape index (κ1) is 16.2. The summed E-state index contributed by atoms with van der Waals surface area (Å²) in [5.41, 5.74) is 2.43. The molecule has 0 saturated carbocycles. The Hall–Kier alpha value is -2.21. The van der Waals surface area contributed by atoms with Crippen molar-refractivity contribution in [3.8, 4) is 0 Å². The van der Waals surface area contributed by atoms with Gasteiger partial charge in [-0.1, -0.05) is 12.1 Å². The molecular formula is C16H18N2O3S. The van der Waals surface area contributed by atoms with Crippen LogP contribution in [0, 0.1) is 13.8 Å². The fourth-order valence-corrected chi connectivity index (χ4v) is 2.94. The number of amides is 1. The Labute approximate surface area is 133 Å². The SMILES string of the molecule is CCOC(=O)c1sc(CC(=O)Nc2cccc(C)c2)nc1C. The van der Waals surface area contributed by atoms with Crippen LogP contribution in [0.5, 0.6) is 0 Å². The number of thiazole rings is 1. The highest BCUT2D eigenvalue weighted by Gasteiger charge is 2.17. The van der Waals surface area contributed by atoms with Gasteiger partial charge in [-0.15, -0.1) is 11.3 Å². The number of aromatic nitrogens is 1. The van der Waals surface area contributed by atoms with Gasteiger partial charge in [-0.2, -0.15) is 0 Å². The van der Waals surface area contributed by atoms with E-state index in [9.17, 15) is 9.59 Å². The van der Waals surface area contributed by atoms with Crippen LogP contribution in [0.25, 0.3) is 0 Å². The third kappa shape index (κ3) is 4.14. The van der Waals surface area contributed by atoms with Gasteiger partial charge in [-0.25, -0.2) is 9.78 Å². The van der Waals surface area contributed by atoms with E-state index in [1.54, 1.807) is 13.8 Å². The number of benzene rings is 1. The van der Waals surface area contributed by atoms with Crippen molar-refractivity contribution in [1.82, 2.24) is 4.98 Å². The number of nitrogens with zero attached hydrogens (tertiary/aromatic N) is 1. The van der Waals surface area contributed by atoms with Gasteiger partial charge in [0, 0.05) is 5.69 Å². The summed E-state index contributed by atoms with van der Waals surface area (Å²) in [5, 5.41) is 3.43. The van der Waals surface area contributed by atoms with Crippen molar-refractivity contribution in [3.63, 3.8) is 0 Å². The molecule has 0 bridgehead atoms. The molecule has 6 heteroatoms. The summed E-state index contributed by atoms with van der Waals surface area (Å²) in [7, 11) is 0. The highest BCUT2D eigenvalue weighted by atomic mass is 32.1. The standard InChI is InChI=1S/C16H18N2O3S/c1-4-21-16(20)15-11(3)17-14(22-15)9-13(19)18-12-7-5-6-10(2)8-12/h5-8H,4,9H2,1-3H3,(H,18,19). The molecule has 0 aliphatic heterocycles. The summed E-state index contributed by atoms with van der Waals surface area (Å²) in [6, 6.07) is 7.58. The van der Waals surface area contributed by atoms with Crippen LogP contribution < -0.4 is 5.32 Å². The first-order chi connectivity index (χ1) is 10.5. The van der Waals surface area contributed by atoms with E-state index in [0.29, 0.717) is 22.2 Å². The molecule has 0 atom stereocenters. The average molecular weight is 318 g/mol. The predicted octanol–water partition coefficient (Wildman–Crippen LogP) is 3.12. The van der Waals surface area contributed by atoms with E-state index in [2.05, 4.69) is 10.3 Å². The number of carbonyl (C=O) groups is 2. The van der Waals surface area contributed by atoms with E-state index in [0.717, 1.165) is 11.3 Å². The smallest absolute Gasteiger partial charge is 0.350 e. The van der Waals surface area contributed by atoms with Crippen molar-refractivity contribution in [2.45, 2.75) is 27.2 Å². The molecule has 116 valence electrons. The highest BCUT2D eigenvalue weighted by Crippen LogP contribution is 2.20. The first-order valence-electron chi connectivity index (χ1n) is 6.99. The topological polar surface area (TPSA) is 68.3 Å². The highest BCUT2D eigenvalue weighted by molar-refractivity contribution is 7.13. The number of hydrogen-bond acceptors (Lipinski definition) is 5. The van der Waals surface area contributed by atoms with Crippen LogP contribution in [0.15, 0.2) is 24.3 Å². The lowest BCUT2D eigenvalue weighted by Crippen LogP contribution is -2.14. The monoisotopic (exact) mass is 318 g/mol. The molecule has 0 aliphatic carbocycles. The van der Waals surface area contributed by atoms with E-state index in [4.69, 9.17) is 4.74 Å². The van der Waals surface area contributed by atoms with Crippen molar-refractivity contribution in [1.29, 1.82) is 0 Å². The molecule has 1 N–H and O–H groups in total. The number of nitrogens with one attached hydrogen (secondary N) is 1. The Morgan fingerprint density at radius 3 is 2.77 bits per heavy atom. The zero-order valence-electron chi connectivity index (χ0n) is 12.8. The molecule has 1 aromatic heterocycles. The van der Waals surface area contributed by atoms with Gasteiger partial charge in [0.2, 0.25) is 5.91 Å². The third-order valence-corrected chi connectivity index (χ3v) is 4.05. The van der Waals surface area contributed by atoms with Crippen molar-refractivity contribution >= 4 is 28.9 Å². The third-order valence-electron chi connectivity index (χ3n) is 2.92. The number of carbonyl (C=O) groups excluding carboxylic acids is 2. The summed E-state index contributed by atoms with van der Waals surface area (Å²) < 4.78 is 4.97. The van der Waals surface area contributed by atoms with Crippen LogP contribution in [0.4, 0.5) is 5.69 Å². The van der Waals surface area contributed by atoms with Crippen LogP contribution in [-0.2, 0) is 16.0 Å². The summed E-state index contributed by atoms with van der Waals surface area (Å²) in [6.07, 6.45) is 0.138. The molecule has 0 fully saturated rings.